The molecule has 51 heavy (non-hydrogen) atoms. The maximum atomic E-state index is 12.4. The number of hydrogen-bond donors (Lipinski definition) is 3. The number of rotatable bonds is 36. The topological polar surface area (TPSA) is 140 Å². The van der Waals surface area contributed by atoms with Crippen molar-refractivity contribution in [2.75, 3.05) is 13.2 Å². The van der Waals surface area contributed by atoms with Crippen molar-refractivity contribution in [3.05, 3.63) is 48.6 Å². The predicted molar refractivity (Wildman–Crippen MR) is 208 cm³/mol. The maximum absolute atomic E-state index is 12.4. The Balaban J connectivity index is 4.14. The molecule has 9 nitrogen and oxygen atoms in total. The van der Waals surface area contributed by atoms with Crippen molar-refractivity contribution in [3.8, 4) is 0 Å². The fourth-order valence-electron chi connectivity index (χ4n) is 5.42. The van der Waals surface area contributed by atoms with Gasteiger partial charge in [-0.2, -0.15) is 0 Å². The summed E-state index contributed by atoms with van der Waals surface area (Å²) in [5.74, 6) is -1.08. The molecular weight excluding hydrogens is 667 g/mol. The van der Waals surface area contributed by atoms with E-state index in [0.717, 1.165) is 38.5 Å². The van der Waals surface area contributed by atoms with Gasteiger partial charge >= 0.3 is 19.8 Å². The molecule has 0 aromatic heterocycles. The molecule has 0 aliphatic heterocycles. The standard InChI is InChI=1S/C41H73O9P/c1-3-5-7-9-11-13-15-17-18-20-22-24-26-28-30-34-41(44)50-39(37-49-51(45,46)47)36-48-40(43)35-31-33-38(42)32-29-27-25-23-21-19-16-14-12-10-8-6-4-2/h12,14,19,21,25,27,29,32,38-39,42H,3-11,13,15-18,20,22-24,26,28,30-31,33-37H2,1-2H3,(H2,45,46,47)/b14-12-,21-19-,27-25-,32-29+/t38-,39-/m1/s1. The van der Waals surface area contributed by atoms with Gasteiger partial charge in [0.1, 0.15) is 6.61 Å². The van der Waals surface area contributed by atoms with Gasteiger partial charge in [-0.3, -0.25) is 14.1 Å². The summed E-state index contributed by atoms with van der Waals surface area (Å²) in [6.45, 7) is 3.49. The van der Waals surface area contributed by atoms with E-state index in [0.29, 0.717) is 19.3 Å². The SMILES string of the molecule is CCCCC/C=C\C/C=C\C/C=C\C=C\[C@@H](O)CCCC(=O)OC[C@H](COP(=O)(O)O)OC(=O)CCCCCCCCCCCCCCCCC. The fourth-order valence-corrected chi connectivity index (χ4v) is 5.78. The van der Waals surface area contributed by atoms with E-state index in [4.69, 9.17) is 19.3 Å². The average molecular weight is 741 g/mol. The molecule has 0 spiro atoms. The number of unbranched alkanes of at least 4 members (excludes halogenated alkanes) is 17. The van der Waals surface area contributed by atoms with Crippen molar-refractivity contribution < 1.29 is 43.0 Å². The minimum Gasteiger partial charge on any atom is -0.462 e. The first-order valence-electron chi connectivity index (χ1n) is 20.0. The summed E-state index contributed by atoms with van der Waals surface area (Å²) < 4.78 is 26.2. The molecular formula is C41H73O9P. The van der Waals surface area contributed by atoms with Crippen molar-refractivity contribution in [2.24, 2.45) is 0 Å². The number of carbonyl (C=O) groups excluding carboxylic acids is 2. The molecule has 0 aliphatic rings. The van der Waals surface area contributed by atoms with Gasteiger partial charge in [0, 0.05) is 12.8 Å². The van der Waals surface area contributed by atoms with Crippen LogP contribution in [0.2, 0.25) is 0 Å². The van der Waals surface area contributed by atoms with E-state index in [9.17, 15) is 19.3 Å². The highest BCUT2D eigenvalue weighted by Crippen LogP contribution is 2.36. The summed E-state index contributed by atoms with van der Waals surface area (Å²) in [5, 5.41) is 10.2. The number of phosphoric acid groups is 1. The molecule has 0 unspecified atom stereocenters. The van der Waals surface area contributed by atoms with Gasteiger partial charge in [0.2, 0.25) is 0 Å². The summed E-state index contributed by atoms with van der Waals surface area (Å²) in [7, 11) is -4.80. The fraction of sp³-hybridized carbons (Fsp3) is 0.756. The molecule has 0 saturated carbocycles. The molecule has 0 amide bonds. The van der Waals surface area contributed by atoms with Gasteiger partial charge in [-0.25, -0.2) is 4.57 Å². The van der Waals surface area contributed by atoms with Gasteiger partial charge < -0.3 is 24.4 Å². The van der Waals surface area contributed by atoms with E-state index in [1.807, 2.05) is 12.2 Å². The molecule has 0 aliphatic carbocycles. The van der Waals surface area contributed by atoms with Crippen molar-refractivity contribution >= 4 is 19.8 Å². The number of phosphoric ester groups is 1. The van der Waals surface area contributed by atoms with Crippen molar-refractivity contribution in [1.82, 2.24) is 0 Å². The van der Waals surface area contributed by atoms with Gasteiger partial charge in [0.25, 0.3) is 0 Å². The van der Waals surface area contributed by atoms with E-state index in [2.05, 4.69) is 42.7 Å². The van der Waals surface area contributed by atoms with Crippen LogP contribution in [0.25, 0.3) is 0 Å². The number of aliphatic hydroxyl groups is 1. The molecule has 3 N–H and O–H groups in total. The minimum atomic E-state index is -4.80. The lowest BCUT2D eigenvalue weighted by molar-refractivity contribution is -0.161. The van der Waals surface area contributed by atoms with Crippen LogP contribution in [-0.2, 0) is 28.2 Å². The molecule has 296 valence electrons. The van der Waals surface area contributed by atoms with Crippen LogP contribution in [0.5, 0.6) is 0 Å². The third-order valence-corrected chi connectivity index (χ3v) is 8.94. The van der Waals surface area contributed by atoms with Crippen LogP contribution in [0.4, 0.5) is 0 Å². The summed E-state index contributed by atoms with van der Waals surface area (Å²) >= 11 is 0. The second-order valence-electron chi connectivity index (χ2n) is 13.5. The zero-order valence-electron chi connectivity index (χ0n) is 32.1. The van der Waals surface area contributed by atoms with Crippen LogP contribution in [0.1, 0.15) is 174 Å². The van der Waals surface area contributed by atoms with Gasteiger partial charge in [-0.15, -0.1) is 0 Å². The van der Waals surface area contributed by atoms with Gasteiger partial charge in [-0.1, -0.05) is 165 Å². The Morgan fingerprint density at radius 2 is 1.12 bits per heavy atom. The van der Waals surface area contributed by atoms with Crippen LogP contribution < -0.4 is 0 Å². The van der Waals surface area contributed by atoms with E-state index in [1.54, 1.807) is 12.2 Å². The Kier molecular flexibility index (Phi) is 34.9. The molecule has 0 saturated heterocycles. The average Bonchev–Trinajstić information content (AvgIpc) is 3.09. The van der Waals surface area contributed by atoms with E-state index >= 15 is 0 Å². The summed E-state index contributed by atoms with van der Waals surface area (Å²) in [6, 6.07) is 0. The lowest BCUT2D eigenvalue weighted by Crippen LogP contribution is -2.29. The Labute approximate surface area is 310 Å². The second kappa shape index (κ2) is 36.3. The Hall–Kier alpha value is -2.03. The van der Waals surface area contributed by atoms with Crippen LogP contribution in [0, 0.1) is 0 Å². The van der Waals surface area contributed by atoms with Crippen molar-refractivity contribution in [2.45, 2.75) is 187 Å². The molecule has 0 fully saturated rings. The molecule has 0 aromatic carbocycles. The highest BCUT2D eigenvalue weighted by molar-refractivity contribution is 7.46. The third kappa shape index (κ3) is 39.0. The van der Waals surface area contributed by atoms with Crippen molar-refractivity contribution in [1.29, 1.82) is 0 Å². The highest BCUT2D eigenvalue weighted by atomic mass is 31.2. The molecule has 10 heteroatoms. The highest BCUT2D eigenvalue weighted by Gasteiger charge is 2.23. The molecule has 0 aromatic rings. The molecule has 0 bridgehead atoms. The molecule has 0 rings (SSSR count). The zero-order chi connectivity index (χ0) is 37.7. The molecule has 2 atom stereocenters. The van der Waals surface area contributed by atoms with Crippen LogP contribution in [0.3, 0.4) is 0 Å². The Bertz CT molecular complexity index is 986. The first kappa shape index (κ1) is 49.0. The first-order chi connectivity index (χ1) is 24.7. The second-order valence-corrected chi connectivity index (χ2v) is 14.7. The van der Waals surface area contributed by atoms with Crippen LogP contribution in [0.15, 0.2) is 48.6 Å². The predicted octanol–water partition coefficient (Wildman–Crippen LogP) is 10.9. The summed E-state index contributed by atoms with van der Waals surface area (Å²) in [6.07, 6.45) is 40.0. The van der Waals surface area contributed by atoms with E-state index in [1.165, 1.54) is 89.9 Å². The smallest absolute Gasteiger partial charge is 0.462 e. The van der Waals surface area contributed by atoms with Gasteiger partial charge in [0.05, 0.1) is 12.7 Å². The summed E-state index contributed by atoms with van der Waals surface area (Å²) in [4.78, 5) is 42.8. The Morgan fingerprint density at radius 1 is 0.608 bits per heavy atom. The van der Waals surface area contributed by atoms with Crippen LogP contribution >= 0.6 is 7.82 Å². The minimum absolute atomic E-state index is 0.0394. The maximum Gasteiger partial charge on any atom is 0.469 e. The lowest BCUT2D eigenvalue weighted by atomic mass is 10.0. The molecule has 0 radical (unpaired) electrons. The largest absolute Gasteiger partial charge is 0.469 e. The molecule has 0 heterocycles. The zero-order valence-corrected chi connectivity index (χ0v) is 33.0. The third-order valence-electron chi connectivity index (χ3n) is 8.45. The van der Waals surface area contributed by atoms with Gasteiger partial charge in [0.15, 0.2) is 6.10 Å². The number of carbonyl (C=O) groups is 2. The van der Waals surface area contributed by atoms with Gasteiger partial charge in [-0.05, 0) is 44.9 Å². The van der Waals surface area contributed by atoms with E-state index in [-0.39, 0.29) is 19.4 Å². The lowest BCUT2D eigenvalue weighted by Gasteiger charge is -2.18. The monoisotopic (exact) mass is 740 g/mol. The number of esters is 2. The number of hydrogen-bond acceptors (Lipinski definition) is 7. The van der Waals surface area contributed by atoms with E-state index < -0.39 is 38.6 Å². The Morgan fingerprint density at radius 3 is 1.71 bits per heavy atom. The van der Waals surface area contributed by atoms with Crippen LogP contribution in [-0.4, -0.2) is 52.3 Å². The number of aliphatic hydroxyl groups excluding tert-OH is 1. The summed E-state index contributed by atoms with van der Waals surface area (Å²) in [5.41, 5.74) is 0. The van der Waals surface area contributed by atoms with Crippen molar-refractivity contribution in [3.63, 3.8) is 0 Å². The number of allylic oxidation sites excluding steroid dienone is 7. The first-order valence-corrected chi connectivity index (χ1v) is 21.6. The normalized spacial score (nSPS) is 13.6. The number of ether oxygens (including phenoxy) is 2. The quantitative estimate of drug-likeness (QED) is 0.0188.